The Morgan fingerprint density at radius 1 is 1.35 bits per heavy atom. The van der Waals surface area contributed by atoms with Gasteiger partial charge in [-0.05, 0) is 41.7 Å². The van der Waals surface area contributed by atoms with Crippen LogP contribution in [-0.4, -0.2) is 34.1 Å². The van der Waals surface area contributed by atoms with Gasteiger partial charge in [-0.1, -0.05) is 11.3 Å². The molecular formula is C15H11N7O2S2. The summed E-state index contributed by atoms with van der Waals surface area (Å²) in [6.45, 7) is 0. The third kappa shape index (κ3) is 2.47. The molecule has 0 unspecified atom stereocenters. The molecule has 1 fully saturated rings. The van der Waals surface area contributed by atoms with Crippen LogP contribution in [0.15, 0.2) is 46.3 Å². The van der Waals surface area contributed by atoms with E-state index in [1.807, 2.05) is 16.7 Å². The fourth-order valence-corrected chi connectivity index (χ4v) is 4.53. The van der Waals surface area contributed by atoms with Crippen molar-refractivity contribution in [2.75, 3.05) is 0 Å². The van der Waals surface area contributed by atoms with Crippen molar-refractivity contribution in [1.82, 2.24) is 29.1 Å². The van der Waals surface area contributed by atoms with Crippen molar-refractivity contribution in [3.63, 3.8) is 0 Å². The summed E-state index contributed by atoms with van der Waals surface area (Å²) in [6, 6.07) is 4.09. The number of hydrogen-bond donors (Lipinski definition) is 0. The van der Waals surface area contributed by atoms with Crippen LogP contribution in [0.2, 0.25) is 0 Å². The van der Waals surface area contributed by atoms with E-state index in [1.54, 1.807) is 24.0 Å². The maximum Gasteiger partial charge on any atom is 0.363 e. The van der Waals surface area contributed by atoms with Crippen LogP contribution in [0.3, 0.4) is 0 Å². The number of imidazole rings is 1. The van der Waals surface area contributed by atoms with Gasteiger partial charge in [0.25, 0.3) is 4.96 Å². The van der Waals surface area contributed by atoms with E-state index in [0.717, 1.165) is 24.2 Å². The molecule has 26 heavy (non-hydrogen) atoms. The molecule has 0 aromatic carbocycles. The highest BCUT2D eigenvalue weighted by molar-refractivity contribution is 7.99. The number of thiazole rings is 1. The molecule has 0 amide bonds. The third-order valence-corrected chi connectivity index (χ3v) is 5.75. The van der Waals surface area contributed by atoms with Gasteiger partial charge in [-0.25, -0.2) is 0 Å². The normalized spacial score (nSPS) is 14.2. The van der Waals surface area contributed by atoms with Gasteiger partial charge in [0, 0.05) is 29.4 Å². The second-order valence-corrected chi connectivity index (χ2v) is 7.63. The molecule has 0 spiro atoms. The van der Waals surface area contributed by atoms with Gasteiger partial charge in [-0.2, -0.15) is 9.38 Å². The molecule has 0 N–H and O–H groups in total. The lowest BCUT2D eigenvalue weighted by molar-refractivity contribution is -0.393. The third-order valence-electron chi connectivity index (χ3n) is 4.06. The van der Waals surface area contributed by atoms with Gasteiger partial charge in [0.1, 0.15) is 6.20 Å². The molecule has 4 heterocycles. The second-order valence-electron chi connectivity index (χ2n) is 5.80. The molecule has 0 bridgehead atoms. The van der Waals surface area contributed by atoms with Crippen molar-refractivity contribution in [2.24, 2.45) is 0 Å². The number of rotatable bonds is 5. The molecule has 1 aliphatic carbocycles. The van der Waals surface area contributed by atoms with Crippen LogP contribution in [0.5, 0.6) is 0 Å². The minimum absolute atomic E-state index is 0.0421. The first-order valence-corrected chi connectivity index (χ1v) is 9.55. The van der Waals surface area contributed by atoms with Crippen molar-refractivity contribution >= 4 is 33.9 Å². The SMILES string of the molecule is O=[N+]([O-])c1c(Sc2nnc(-c3cccnc3)n2C2CC2)nc2sccn12. The summed E-state index contributed by atoms with van der Waals surface area (Å²) >= 11 is 2.54. The summed E-state index contributed by atoms with van der Waals surface area (Å²) in [5, 5.41) is 22.8. The lowest BCUT2D eigenvalue weighted by Crippen LogP contribution is -2.00. The zero-order chi connectivity index (χ0) is 17.7. The molecule has 1 aliphatic rings. The molecule has 0 radical (unpaired) electrons. The Labute approximate surface area is 154 Å². The summed E-state index contributed by atoms with van der Waals surface area (Å²) < 4.78 is 3.53. The summed E-state index contributed by atoms with van der Waals surface area (Å²) in [5.41, 5.74) is 0.874. The van der Waals surface area contributed by atoms with Gasteiger partial charge in [0.15, 0.2) is 11.0 Å². The number of nitro groups is 1. The van der Waals surface area contributed by atoms with Crippen molar-refractivity contribution in [2.45, 2.75) is 29.1 Å². The Balaban J connectivity index is 1.60. The first-order valence-electron chi connectivity index (χ1n) is 7.85. The van der Waals surface area contributed by atoms with E-state index in [2.05, 4.69) is 20.2 Å². The summed E-state index contributed by atoms with van der Waals surface area (Å²) in [5.74, 6) is 0.686. The number of fused-ring (bicyclic) bond motifs is 1. The van der Waals surface area contributed by atoms with Crippen molar-refractivity contribution < 1.29 is 4.92 Å². The van der Waals surface area contributed by atoms with E-state index in [9.17, 15) is 10.1 Å². The Morgan fingerprint density at radius 2 is 2.23 bits per heavy atom. The second kappa shape index (κ2) is 5.88. The molecular weight excluding hydrogens is 374 g/mol. The summed E-state index contributed by atoms with van der Waals surface area (Å²) in [6.07, 6.45) is 7.19. The smallest absolute Gasteiger partial charge is 0.358 e. The van der Waals surface area contributed by atoms with E-state index in [4.69, 9.17) is 0 Å². The zero-order valence-corrected chi connectivity index (χ0v) is 14.9. The van der Waals surface area contributed by atoms with E-state index in [1.165, 1.54) is 27.5 Å². The molecule has 0 saturated heterocycles. The standard InChI is InChI=1S/C15H11N7O2S2/c23-22(24)13-12(17-14-20(13)6-7-25-14)26-15-19-18-11(21(15)10-3-4-10)9-2-1-5-16-8-9/h1-2,5-8,10H,3-4H2. The molecule has 0 aliphatic heterocycles. The van der Waals surface area contributed by atoms with Crippen LogP contribution in [0.1, 0.15) is 18.9 Å². The molecule has 11 heteroatoms. The van der Waals surface area contributed by atoms with Gasteiger partial charge in [-0.15, -0.1) is 10.2 Å². The average molecular weight is 385 g/mol. The largest absolute Gasteiger partial charge is 0.363 e. The molecule has 1 saturated carbocycles. The molecule has 4 aromatic heterocycles. The number of hydrogen-bond acceptors (Lipinski definition) is 8. The van der Waals surface area contributed by atoms with Crippen LogP contribution >= 0.6 is 23.1 Å². The van der Waals surface area contributed by atoms with Crippen molar-refractivity contribution in [3.05, 3.63) is 46.2 Å². The van der Waals surface area contributed by atoms with Crippen LogP contribution in [0, 0.1) is 10.1 Å². The Morgan fingerprint density at radius 3 is 2.96 bits per heavy atom. The van der Waals surface area contributed by atoms with E-state index in [0.29, 0.717) is 21.2 Å². The highest BCUT2D eigenvalue weighted by Crippen LogP contribution is 2.43. The fraction of sp³-hybridized carbons (Fsp3) is 0.200. The number of pyridine rings is 1. The van der Waals surface area contributed by atoms with Gasteiger partial charge in [0.2, 0.25) is 5.03 Å². The topological polar surface area (TPSA) is 104 Å². The maximum atomic E-state index is 11.5. The van der Waals surface area contributed by atoms with Gasteiger partial charge < -0.3 is 10.1 Å². The predicted octanol–water partition coefficient (Wildman–Crippen LogP) is 3.44. The summed E-state index contributed by atoms with van der Waals surface area (Å²) in [7, 11) is 0. The van der Waals surface area contributed by atoms with Crippen LogP contribution < -0.4 is 0 Å². The quantitative estimate of drug-likeness (QED) is 0.383. The lowest BCUT2D eigenvalue weighted by atomic mass is 10.3. The molecule has 5 rings (SSSR count). The zero-order valence-electron chi connectivity index (χ0n) is 13.2. The average Bonchev–Trinajstić information content (AvgIpc) is 3.08. The van der Waals surface area contributed by atoms with E-state index in [-0.39, 0.29) is 5.82 Å². The van der Waals surface area contributed by atoms with Gasteiger partial charge in [0.05, 0.1) is 0 Å². The molecule has 9 nitrogen and oxygen atoms in total. The Hall–Kier alpha value is -2.79. The highest BCUT2D eigenvalue weighted by Gasteiger charge is 2.33. The summed E-state index contributed by atoms with van der Waals surface area (Å²) in [4.78, 5) is 20.3. The van der Waals surface area contributed by atoms with Crippen molar-refractivity contribution in [1.29, 1.82) is 0 Å². The Kier molecular flexibility index (Phi) is 3.50. The number of aromatic nitrogens is 6. The number of nitrogens with zero attached hydrogens (tertiary/aromatic N) is 7. The van der Waals surface area contributed by atoms with Crippen molar-refractivity contribution in [3.8, 4) is 11.4 Å². The lowest BCUT2D eigenvalue weighted by Gasteiger charge is -2.07. The monoisotopic (exact) mass is 385 g/mol. The Bertz CT molecular complexity index is 1110. The first kappa shape index (κ1) is 15.5. The van der Waals surface area contributed by atoms with Crippen LogP contribution in [0.4, 0.5) is 5.82 Å². The van der Waals surface area contributed by atoms with Crippen LogP contribution in [-0.2, 0) is 0 Å². The minimum atomic E-state index is -0.408. The van der Waals surface area contributed by atoms with E-state index < -0.39 is 4.92 Å². The molecule has 4 aromatic rings. The molecule has 130 valence electrons. The molecule has 0 atom stereocenters. The van der Waals surface area contributed by atoms with Gasteiger partial charge in [-0.3, -0.25) is 9.55 Å². The van der Waals surface area contributed by atoms with E-state index >= 15 is 0 Å². The highest BCUT2D eigenvalue weighted by atomic mass is 32.2. The minimum Gasteiger partial charge on any atom is -0.358 e. The first-order chi connectivity index (χ1) is 12.7. The van der Waals surface area contributed by atoms with Crippen LogP contribution in [0.25, 0.3) is 16.3 Å². The fourth-order valence-electron chi connectivity index (χ4n) is 2.78. The predicted molar refractivity (Wildman–Crippen MR) is 95.4 cm³/mol. The maximum absolute atomic E-state index is 11.5. The van der Waals surface area contributed by atoms with Gasteiger partial charge >= 0.3 is 5.82 Å².